The van der Waals surface area contributed by atoms with Gasteiger partial charge in [-0.2, -0.15) is 4.91 Å². The quantitative estimate of drug-likeness (QED) is 0.756. The van der Waals surface area contributed by atoms with Crippen LogP contribution >= 0.6 is 27.5 Å². The third-order valence-corrected chi connectivity index (χ3v) is 2.79. The summed E-state index contributed by atoms with van der Waals surface area (Å²) in [5.41, 5.74) is 1.40. The first-order chi connectivity index (χ1) is 5.66. The van der Waals surface area contributed by atoms with E-state index >= 15 is 0 Å². The molecule has 12 heavy (non-hydrogen) atoms. The maximum atomic E-state index is 9.96. The second kappa shape index (κ2) is 3.96. The van der Waals surface area contributed by atoms with Crippen molar-refractivity contribution in [2.45, 2.75) is 13.5 Å². The lowest BCUT2D eigenvalue weighted by atomic mass is 10.2. The highest BCUT2D eigenvalue weighted by Crippen LogP contribution is 2.25. The van der Waals surface area contributed by atoms with Gasteiger partial charge in [0, 0.05) is 10.7 Å². The predicted molar refractivity (Wildman–Crippen MR) is 51.2 cm³/mol. The molecule has 1 aromatic heterocycles. The maximum Gasteiger partial charge on any atom is 0.125 e. The van der Waals surface area contributed by atoms with Gasteiger partial charge in [0.05, 0.1) is 10.7 Å². The molecule has 1 aromatic rings. The summed E-state index contributed by atoms with van der Waals surface area (Å²) in [6, 6.07) is 0. The molecule has 0 aliphatic rings. The van der Waals surface area contributed by atoms with E-state index in [1.165, 1.54) is 0 Å². The Morgan fingerprint density at radius 3 is 3.00 bits per heavy atom. The summed E-state index contributed by atoms with van der Waals surface area (Å²) in [5.74, 6) is 0. The Labute approximate surface area is 83.2 Å². The Morgan fingerprint density at radius 2 is 2.42 bits per heavy atom. The van der Waals surface area contributed by atoms with Gasteiger partial charge >= 0.3 is 0 Å². The molecule has 0 saturated carbocycles. The van der Waals surface area contributed by atoms with E-state index in [2.05, 4.69) is 26.1 Å². The van der Waals surface area contributed by atoms with Crippen LogP contribution < -0.4 is 0 Å². The minimum atomic E-state index is 0.0208. The minimum absolute atomic E-state index is 0.0208. The first-order valence-corrected chi connectivity index (χ1v) is 4.42. The van der Waals surface area contributed by atoms with Crippen molar-refractivity contribution in [3.8, 4) is 0 Å². The van der Waals surface area contributed by atoms with Crippen molar-refractivity contribution in [2.75, 3.05) is 0 Å². The molecular weight excluding hydrogens is 243 g/mol. The number of hydrogen-bond acceptors (Lipinski definition) is 3. The second-order valence-electron chi connectivity index (χ2n) is 2.28. The zero-order valence-corrected chi connectivity index (χ0v) is 8.68. The molecule has 0 N–H and O–H groups in total. The second-order valence-corrected chi connectivity index (χ2v) is 3.51. The summed E-state index contributed by atoms with van der Waals surface area (Å²) in [6.45, 7) is 1.87. The van der Waals surface area contributed by atoms with Gasteiger partial charge in [-0.15, -0.1) is 0 Å². The highest BCUT2D eigenvalue weighted by Gasteiger charge is 2.07. The molecule has 1 heterocycles. The van der Waals surface area contributed by atoms with Gasteiger partial charge in [0.25, 0.3) is 0 Å². The largest absolute Gasteiger partial charge is 0.256 e. The van der Waals surface area contributed by atoms with Gasteiger partial charge in [0.2, 0.25) is 0 Å². The lowest BCUT2D eigenvalue weighted by Gasteiger charge is -2.03. The number of nitrogens with zero attached hydrogens (tertiary/aromatic N) is 2. The van der Waals surface area contributed by atoms with Crippen LogP contribution in [0.3, 0.4) is 0 Å². The molecule has 0 unspecified atom stereocenters. The SMILES string of the molecule is Cc1c(Br)cnc(CN=O)c1Cl. The van der Waals surface area contributed by atoms with Crippen LogP contribution in [0.5, 0.6) is 0 Å². The van der Waals surface area contributed by atoms with E-state index in [1.54, 1.807) is 6.20 Å². The first kappa shape index (κ1) is 9.61. The highest BCUT2D eigenvalue weighted by molar-refractivity contribution is 9.10. The topological polar surface area (TPSA) is 42.3 Å². The average molecular weight is 249 g/mol. The average Bonchev–Trinajstić information content (AvgIpc) is 2.07. The number of pyridine rings is 1. The third kappa shape index (κ3) is 1.81. The van der Waals surface area contributed by atoms with Crippen molar-refractivity contribution < 1.29 is 0 Å². The van der Waals surface area contributed by atoms with Crippen LogP contribution in [-0.4, -0.2) is 4.98 Å². The van der Waals surface area contributed by atoms with Crippen molar-refractivity contribution in [3.63, 3.8) is 0 Å². The third-order valence-electron chi connectivity index (χ3n) is 1.49. The molecular formula is C7H6BrClN2O. The molecule has 0 spiro atoms. The first-order valence-electron chi connectivity index (χ1n) is 3.25. The van der Waals surface area contributed by atoms with Gasteiger partial charge < -0.3 is 0 Å². The van der Waals surface area contributed by atoms with Crippen LogP contribution in [0.1, 0.15) is 11.3 Å². The van der Waals surface area contributed by atoms with Crippen LogP contribution in [0.2, 0.25) is 5.02 Å². The minimum Gasteiger partial charge on any atom is -0.256 e. The van der Waals surface area contributed by atoms with Gasteiger partial charge in [-0.1, -0.05) is 16.8 Å². The lowest BCUT2D eigenvalue weighted by Crippen LogP contribution is -1.92. The van der Waals surface area contributed by atoms with Crippen molar-refractivity contribution in [2.24, 2.45) is 5.18 Å². The Kier molecular flexibility index (Phi) is 3.17. The maximum absolute atomic E-state index is 9.96. The summed E-state index contributed by atoms with van der Waals surface area (Å²) >= 11 is 9.16. The van der Waals surface area contributed by atoms with E-state index in [-0.39, 0.29) is 6.54 Å². The molecule has 0 aliphatic heterocycles. The summed E-state index contributed by atoms with van der Waals surface area (Å²) in [5, 5.41) is 3.23. The Morgan fingerprint density at radius 1 is 1.75 bits per heavy atom. The smallest absolute Gasteiger partial charge is 0.125 e. The summed E-state index contributed by atoms with van der Waals surface area (Å²) in [4.78, 5) is 13.9. The molecule has 0 aromatic carbocycles. The molecule has 1 rings (SSSR count). The van der Waals surface area contributed by atoms with E-state index in [0.717, 1.165) is 10.0 Å². The van der Waals surface area contributed by atoms with Crippen molar-refractivity contribution >= 4 is 27.5 Å². The molecule has 0 saturated heterocycles. The number of aromatic nitrogens is 1. The molecule has 0 atom stereocenters. The molecule has 0 amide bonds. The fraction of sp³-hybridized carbons (Fsp3) is 0.286. The summed E-state index contributed by atoms with van der Waals surface area (Å²) < 4.78 is 0.835. The van der Waals surface area contributed by atoms with Crippen LogP contribution in [0.25, 0.3) is 0 Å². The highest BCUT2D eigenvalue weighted by atomic mass is 79.9. The molecule has 0 fully saturated rings. The van der Waals surface area contributed by atoms with E-state index in [9.17, 15) is 4.91 Å². The number of rotatable bonds is 2. The summed E-state index contributed by atoms with van der Waals surface area (Å²) in [7, 11) is 0. The van der Waals surface area contributed by atoms with Gasteiger partial charge in [-0.05, 0) is 28.4 Å². The van der Waals surface area contributed by atoms with Crippen LogP contribution in [0, 0.1) is 11.8 Å². The van der Waals surface area contributed by atoms with E-state index in [0.29, 0.717) is 10.7 Å². The van der Waals surface area contributed by atoms with Gasteiger partial charge in [0.15, 0.2) is 0 Å². The van der Waals surface area contributed by atoms with Crippen LogP contribution in [-0.2, 0) is 6.54 Å². The van der Waals surface area contributed by atoms with Crippen LogP contribution in [0.4, 0.5) is 0 Å². The zero-order chi connectivity index (χ0) is 9.14. The Bertz CT molecular complexity index is 317. The Balaban J connectivity index is 3.16. The van der Waals surface area contributed by atoms with Crippen LogP contribution in [0.15, 0.2) is 15.8 Å². The fourth-order valence-electron chi connectivity index (χ4n) is 0.781. The number of hydrogen-bond donors (Lipinski definition) is 0. The van der Waals surface area contributed by atoms with Gasteiger partial charge in [0.1, 0.15) is 6.54 Å². The Hall–Kier alpha value is -0.480. The number of nitroso groups, excluding NO2 is 1. The predicted octanol–water partition coefficient (Wildman–Crippen LogP) is 3.07. The molecule has 0 radical (unpaired) electrons. The normalized spacial score (nSPS) is 9.92. The molecule has 3 nitrogen and oxygen atoms in total. The monoisotopic (exact) mass is 248 g/mol. The zero-order valence-electron chi connectivity index (χ0n) is 6.34. The molecule has 5 heteroatoms. The van der Waals surface area contributed by atoms with Gasteiger partial charge in [-0.25, -0.2) is 0 Å². The lowest BCUT2D eigenvalue weighted by molar-refractivity contribution is 0.972. The fourth-order valence-corrected chi connectivity index (χ4v) is 1.41. The van der Waals surface area contributed by atoms with E-state index < -0.39 is 0 Å². The van der Waals surface area contributed by atoms with E-state index in [1.807, 2.05) is 6.92 Å². The molecule has 0 aliphatic carbocycles. The van der Waals surface area contributed by atoms with Crippen molar-refractivity contribution in [1.29, 1.82) is 0 Å². The van der Waals surface area contributed by atoms with Gasteiger partial charge in [-0.3, -0.25) is 4.98 Å². The molecule has 0 bridgehead atoms. The molecule has 64 valence electrons. The number of halogens is 2. The van der Waals surface area contributed by atoms with Crippen molar-refractivity contribution in [3.05, 3.63) is 31.9 Å². The summed E-state index contributed by atoms with van der Waals surface area (Å²) in [6.07, 6.45) is 1.61. The van der Waals surface area contributed by atoms with E-state index in [4.69, 9.17) is 11.6 Å². The van der Waals surface area contributed by atoms with Crippen molar-refractivity contribution in [1.82, 2.24) is 4.98 Å². The standard InChI is InChI=1S/C7H6BrClN2O/c1-4-5(8)2-10-6(3-11-12)7(4)9/h2H,3H2,1H3.